The molecule has 1 amide bonds. The first kappa shape index (κ1) is 15.7. The van der Waals surface area contributed by atoms with Gasteiger partial charge < -0.3 is 15.3 Å². The highest BCUT2D eigenvalue weighted by Gasteiger charge is 2.18. The van der Waals surface area contributed by atoms with Crippen molar-refractivity contribution in [2.45, 2.75) is 39.0 Å². The van der Waals surface area contributed by atoms with Gasteiger partial charge >= 0.3 is 0 Å². The summed E-state index contributed by atoms with van der Waals surface area (Å²) in [5.41, 5.74) is 1.25. The first-order chi connectivity index (χ1) is 10.1. The van der Waals surface area contributed by atoms with E-state index in [1.807, 2.05) is 0 Å². The second kappa shape index (κ2) is 7.36. The fourth-order valence-corrected chi connectivity index (χ4v) is 2.36. The standard InChI is InChI=1S/C15H24N4O2/c1-11(2)12-10-13(14(21)16-6-9-20)18-15(17-12)19-7-4-3-5-8-19/h10-11,20H,3-9H2,1-2H3,(H,16,21). The summed E-state index contributed by atoms with van der Waals surface area (Å²) in [4.78, 5) is 23.3. The number of nitrogens with zero attached hydrogens (tertiary/aromatic N) is 3. The Morgan fingerprint density at radius 3 is 2.67 bits per heavy atom. The number of carbonyl (C=O) groups excluding carboxylic acids is 1. The molecule has 1 aliphatic rings. The summed E-state index contributed by atoms with van der Waals surface area (Å²) < 4.78 is 0. The van der Waals surface area contributed by atoms with E-state index in [1.165, 1.54) is 6.42 Å². The van der Waals surface area contributed by atoms with Crippen molar-refractivity contribution in [1.29, 1.82) is 0 Å². The molecule has 0 atom stereocenters. The highest BCUT2D eigenvalue weighted by atomic mass is 16.3. The van der Waals surface area contributed by atoms with Crippen molar-refractivity contribution in [2.75, 3.05) is 31.1 Å². The van der Waals surface area contributed by atoms with E-state index in [1.54, 1.807) is 6.07 Å². The SMILES string of the molecule is CC(C)c1cc(C(=O)NCCO)nc(N2CCCCC2)n1. The molecule has 0 radical (unpaired) electrons. The highest BCUT2D eigenvalue weighted by Crippen LogP contribution is 2.20. The zero-order valence-corrected chi connectivity index (χ0v) is 12.8. The largest absolute Gasteiger partial charge is 0.395 e. The van der Waals surface area contributed by atoms with Crippen LogP contribution in [0.2, 0.25) is 0 Å². The number of piperidine rings is 1. The van der Waals surface area contributed by atoms with E-state index in [0.717, 1.165) is 31.6 Å². The van der Waals surface area contributed by atoms with Crippen LogP contribution in [0.15, 0.2) is 6.07 Å². The van der Waals surface area contributed by atoms with Crippen LogP contribution >= 0.6 is 0 Å². The molecule has 1 fully saturated rings. The third-order valence-electron chi connectivity index (χ3n) is 3.59. The molecule has 1 saturated heterocycles. The van der Waals surface area contributed by atoms with Crippen LogP contribution in [-0.4, -0.2) is 47.2 Å². The number of amides is 1. The smallest absolute Gasteiger partial charge is 0.270 e. The minimum atomic E-state index is -0.258. The van der Waals surface area contributed by atoms with E-state index in [0.29, 0.717) is 11.6 Å². The van der Waals surface area contributed by atoms with Gasteiger partial charge in [-0.15, -0.1) is 0 Å². The lowest BCUT2D eigenvalue weighted by atomic mass is 10.1. The fourth-order valence-electron chi connectivity index (χ4n) is 2.36. The van der Waals surface area contributed by atoms with Gasteiger partial charge in [-0.25, -0.2) is 9.97 Å². The molecule has 0 spiro atoms. The van der Waals surface area contributed by atoms with E-state index in [4.69, 9.17) is 5.11 Å². The van der Waals surface area contributed by atoms with Crippen molar-refractivity contribution >= 4 is 11.9 Å². The average molecular weight is 292 g/mol. The summed E-state index contributed by atoms with van der Waals surface area (Å²) in [6.07, 6.45) is 3.52. The third kappa shape index (κ3) is 4.14. The van der Waals surface area contributed by atoms with Crippen molar-refractivity contribution in [3.05, 3.63) is 17.5 Å². The van der Waals surface area contributed by atoms with Crippen LogP contribution < -0.4 is 10.2 Å². The van der Waals surface area contributed by atoms with Crippen molar-refractivity contribution in [3.63, 3.8) is 0 Å². The lowest BCUT2D eigenvalue weighted by Gasteiger charge is -2.27. The maximum atomic E-state index is 12.1. The molecule has 0 bridgehead atoms. The molecule has 0 aromatic carbocycles. The van der Waals surface area contributed by atoms with Gasteiger partial charge in [-0.2, -0.15) is 0 Å². The average Bonchev–Trinajstić information content (AvgIpc) is 2.53. The van der Waals surface area contributed by atoms with Gasteiger partial charge in [-0.3, -0.25) is 4.79 Å². The predicted octanol–water partition coefficient (Wildman–Crippen LogP) is 1.31. The van der Waals surface area contributed by atoms with Crippen molar-refractivity contribution in [1.82, 2.24) is 15.3 Å². The van der Waals surface area contributed by atoms with Crippen molar-refractivity contribution in [2.24, 2.45) is 0 Å². The Kier molecular flexibility index (Phi) is 5.50. The number of anilines is 1. The highest BCUT2D eigenvalue weighted by molar-refractivity contribution is 5.92. The number of aliphatic hydroxyl groups excluding tert-OH is 1. The molecule has 0 aliphatic carbocycles. The van der Waals surface area contributed by atoms with Crippen LogP contribution in [0, 0.1) is 0 Å². The molecule has 6 nitrogen and oxygen atoms in total. The van der Waals surface area contributed by atoms with Crippen molar-refractivity contribution < 1.29 is 9.90 Å². The lowest BCUT2D eigenvalue weighted by molar-refractivity contribution is 0.0939. The Labute approximate surface area is 125 Å². The molecule has 0 unspecified atom stereocenters. The van der Waals surface area contributed by atoms with Crippen LogP contribution in [0.3, 0.4) is 0 Å². The number of aliphatic hydroxyl groups is 1. The Balaban J connectivity index is 2.27. The van der Waals surface area contributed by atoms with Gasteiger partial charge in [0.15, 0.2) is 0 Å². The van der Waals surface area contributed by atoms with E-state index in [9.17, 15) is 4.79 Å². The third-order valence-corrected chi connectivity index (χ3v) is 3.59. The zero-order chi connectivity index (χ0) is 15.2. The molecule has 21 heavy (non-hydrogen) atoms. The van der Waals surface area contributed by atoms with E-state index >= 15 is 0 Å². The summed E-state index contributed by atoms with van der Waals surface area (Å²) in [6, 6.07) is 1.74. The molecule has 2 heterocycles. The normalized spacial score (nSPS) is 15.3. The van der Waals surface area contributed by atoms with Gasteiger partial charge in [0.2, 0.25) is 5.95 Å². The molecule has 116 valence electrons. The molecule has 0 saturated carbocycles. The first-order valence-electron chi connectivity index (χ1n) is 7.65. The number of nitrogens with one attached hydrogen (secondary N) is 1. The number of carbonyl (C=O) groups is 1. The van der Waals surface area contributed by atoms with Gasteiger partial charge in [0.1, 0.15) is 5.69 Å². The van der Waals surface area contributed by atoms with Crippen LogP contribution in [0.5, 0.6) is 0 Å². The van der Waals surface area contributed by atoms with Crippen LogP contribution in [0.4, 0.5) is 5.95 Å². The molecule has 1 aromatic heterocycles. The molecule has 6 heteroatoms. The van der Waals surface area contributed by atoms with E-state index in [-0.39, 0.29) is 25.0 Å². The minimum Gasteiger partial charge on any atom is -0.395 e. The Hall–Kier alpha value is -1.69. The molecular formula is C15H24N4O2. The summed E-state index contributed by atoms with van der Waals surface area (Å²) in [6.45, 7) is 6.15. The monoisotopic (exact) mass is 292 g/mol. The second-order valence-corrected chi connectivity index (χ2v) is 5.66. The summed E-state index contributed by atoms with van der Waals surface area (Å²) in [5, 5.41) is 11.5. The molecule has 1 aromatic rings. The van der Waals surface area contributed by atoms with Gasteiger partial charge in [0.05, 0.1) is 6.61 Å². The quantitative estimate of drug-likeness (QED) is 0.855. The lowest BCUT2D eigenvalue weighted by Crippen LogP contribution is -2.33. The van der Waals surface area contributed by atoms with E-state index in [2.05, 4.69) is 34.0 Å². The fraction of sp³-hybridized carbons (Fsp3) is 0.667. The second-order valence-electron chi connectivity index (χ2n) is 5.66. The van der Waals surface area contributed by atoms with Gasteiger partial charge in [0, 0.05) is 25.3 Å². The van der Waals surface area contributed by atoms with Gasteiger partial charge in [-0.1, -0.05) is 13.8 Å². The molecular weight excluding hydrogens is 268 g/mol. The first-order valence-corrected chi connectivity index (χ1v) is 7.65. The van der Waals surface area contributed by atoms with Crippen LogP contribution in [0.25, 0.3) is 0 Å². The topological polar surface area (TPSA) is 78.3 Å². The van der Waals surface area contributed by atoms with Crippen molar-refractivity contribution in [3.8, 4) is 0 Å². The summed E-state index contributed by atoms with van der Waals surface area (Å²) >= 11 is 0. The van der Waals surface area contributed by atoms with Crippen LogP contribution in [-0.2, 0) is 0 Å². The summed E-state index contributed by atoms with van der Waals surface area (Å²) in [7, 11) is 0. The minimum absolute atomic E-state index is 0.0765. The number of hydrogen-bond acceptors (Lipinski definition) is 5. The number of hydrogen-bond donors (Lipinski definition) is 2. The number of aromatic nitrogens is 2. The molecule has 1 aliphatic heterocycles. The predicted molar refractivity (Wildman–Crippen MR) is 81.6 cm³/mol. The Bertz CT molecular complexity index is 485. The maximum Gasteiger partial charge on any atom is 0.270 e. The molecule has 2 N–H and O–H groups in total. The maximum absolute atomic E-state index is 12.1. The van der Waals surface area contributed by atoms with Gasteiger partial charge in [0.25, 0.3) is 5.91 Å². The van der Waals surface area contributed by atoms with Crippen LogP contribution in [0.1, 0.15) is 55.2 Å². The van der Waals surface area contributed by atoms with Gasteiger partial charge in [-0.05, 0) is 31.2 Å². The Morgan fingerprint density at radius 1 is 1.33 bits per heavy atom. The molecule has 2 rings (SSSR count). The summed E-state index contributed by atoms with van der Waals surface area (Å²) in [5.74, 6) is 0.627. The number of rotatable bonds is 5. The van der Waals surface area contributed by atoms with E-state index < -0.39 is 0 Å². The Morgan fingerprint density at radius 2 is 2.05 bits per heavy atom. The zero-order valence-electron chi connectivity index (χ0n) is 12.8.